The molecule has 1 aromatic carbocycles. The molecular weight excluding hydrogens is 356 g/mol. The second-order valence-corrected chi connectivity index (χ2v) is 5.15. The molecule has 0 unspecified atom stereocenters. The molecule has 0 atom stereocenters. The minimum Gasteiger partial charge on any atom is -0.503 e. The number of carbonyl (C=O) groups excluding carboxylic acids is 2. The monoisotopic (exact) mass is 372 g/mol. The third-order valence-electron chi connectivity index (χ3n) is 2.70. The molecule has 1 aromatic rings. The van der Waals surface area contributed by atoms with Gasteiger partial charge in [-0.25, -0.2) is 4.79 Å². The van der Waals surface area contributed by atoms with Crippen molar-refractivity contribution in [2.24, 2.45) is 0 Å². The number of rotatable bonds is 7. The van der Waals surface area contributed by atoms with Gasteiger partial charge < -0.3 is 19.3 Å². The Morgan fingerprint density at radius 1 is 1.27 bits per heavy atom. The highest BCUT2D eigenvalue weighted by atomic mass is 79.9. The van der Waals surface area contributed by atoms with Gasteiger partial charge in [0.05, 0.1) is 18.2 Å². The third-order valence-corrected chi connectivity index (χ3v) is 3.31. The Balaban J connectivity index is 3.11. The third kappa shape index (κ3) is 4.85. The highest BCUT2D eigenvalue weighted by Gasteiger charge is 2.17. The molecule has 0 aliphatic rings. The number of methoxy groups -OCH3 is 2. The van der Waals surface area contributed by atoms with Crippen LogP contribution >= 0.6 is 15.9 Å². The van der Waals surface area contributed by atoms with E-state index in [4.69, 9.17) is 14.2 Å². The van der Waals surface area contributed by atoms with Crippen LogP contribution in [0.25, 0.3) is 6.08 Å². The standard InChI is InChI=1S/C15H17BrO6/c1-9(17)11(15(19)22-5-4-20-2)6-10-7-12(16)14(18)13(8-10)21-3/h6-8,18H,4-5H2,1-3H3/b11-6+. The number of esters is 1. The Bertz CT molecular complexity index is 594. The second kappa shape index (κ2) is 8.55. The van der Waals surface area contributed by atoms with Gasteiger partial charge in [0.2, 0.25) is 0 Å². The molecule has 0 saturated heterocycles. The van der Waals surface area contributed by atoms with E-state index >= 15 is 0 Å². The van der Waals surface area contributed by atoms with Gasteiger partial charge in [0, 0.05) is 7.11 Å². The van der Waals surface area contributed by atoms with Gasteiger partial charge in [0.25, 0.3) is 0 Å². The highest BCUT2D eigenvalue weighted by molar-refractivity contribution is 9.10. The highest BCUT2D eigenvalue weighted by Crippen LogP contribution is 2.35. The first-order chi connectivity index (χ1) is 10.4. The summed E-state index contributed by atoms with van der Waals surface area (Å²) in [5.41, 5.74) is 0.408. The minimum atomic E-state index is -0.729. The number of aromatic hydroxyl groups is 1. The van der Waals surface area contributed by atoms with Crippen LogP contribution in [0.5, 0.6) is 11.5 Å². The molecule has 22 heavy (non-hydrogen) atoms. The van der Waals surface area contributed by atoms with Gasteiger partial charge >= 0.3 is 5.97 Å². The van der Waals surface area contributed by atoms with Gasteiger partial charge in [-0.05, 0) is 46.6 Å². The van der Waals surface area contributed by atoms with Crippen LogP contribution < -0.4 is 4.74 Å². The van der Waals surface area contributed by atoms with Crippen molar-refractivity contribution in [1.29, 1.82) is 0 Å². The van der Waals surface area contributed by atoms with E-state index in [0.717, 1.165) is 0 Å². The molecule has 120 valence electrons. The topological polar surface area (TPSA) is 82.1 Å². The maximum atomic E-state index is 11.9. The smallest absolute Gasteiger partial charge is 0.341 e. The molecule has 0 spiro atoms. The van der Waals surface area contributed by atoms with Crippen LogP contribution in [0.1, 0.15) is 12.5 Å². The normalized spacial score (nSPS) is 11.2. The lowest BCUT2D eigenvalue weighted by Crippen LogP contribution is -2.16. The van der Waals surface area contributed by atoms with E-state index in [0.29, 0.717) is 10.0 Å². The Morgan fingerprint density at radius 2 is 1.95 bits per heavy atom. The van der Waals surface area contributed by atoms with Gasteiger partial charge in [-0.3, -0.25) is 4.79 Å². The number of phenolic OH excluding ortho intramolecular Hbond substituents is 1. The number of hydrogen-bond donors (Lipinski definition) is 1. The summed E-state index contributed by atoms with van der Waals surface area (Å²) in [4.78, 5) is 23.5. The largest absolute Gasteiger partial charge is 0.503 e. The summed E-state index contributed by atoms with van der Waals surface area (Å²) in [5, 5.41) is 9.75. The lowest BCUT2D eigenvalue weighted by Gasteiger charge is -2.08. The fourth-order valence-electron chi connectivity index (χ4n) is 1.60. The van der Waals surface area contributed by atoms with E-state index in [2.05, 4.69) is 15.9 Å². The molecule has 0 aliphatic carbocycles. The first-order valence-corrected chi connectivity index (χ1v) is 7.15. The molecule has 0 bridgehead atoms. The predicted octanol–water partition coefficient (Wildman–Crippen LogP) is 2.33. The molecule has 0 amide bonds. The summed E-state index contributed by atoms with van der Waals surface area (Å²) in [6.45, 7) is 1.58. The fourth-order valence-corrected chi connectivity index (χ4v) is 2.06. The van der Waals surface area contributed by atoms with E-state index in [1.165, 1.54) is 33.3 Å². The molecule has 7 heteroatoms. The molecule has 0 aromatic heterocycles. The zero-order valence-electron chi connectivity index (χ0n) is 12.5. The summed E-state index contributed by atoms with van der Waals surface area (Å²) >= 11 is 3.18. The molecule has 0 saturated carbocycles. The van der Waals surface area contributed by atoms with Crippen LogP contribution in [0.4, 0.5) is 0 Å². The van der Waals surface area contributed by atoms with E-state index in [1.54, 1.807) is 6.07 Å². The van der Waals surface area contributed by atoms with Crippen LogP contribution in [-0.2, 0) is 19.1 Å². The maximum absolute atomic E-state index is 11.9. The average Bonchev–Trinajstić information content (AvgIpc) is 2.47. The number of benzene rings is 1. The summed E-state index contributed by atoms with van der Waals surface area (Å²) < 4.78 is 15.1. The van der Waals surface area contributed by atoms with Gasteiger partial charge in [-0.1, -0.05) is 0 Å². The summed E-state index contributed by atoms with van der Waals surface area (Å²) in [6, 6.07) is 3.06. The first-order valence-electron chi connectivity index (χ1n) is 6.35. The average molecular weight is 373 g/mol. The van der Waals surface area contributed by atoms with E-state index < -0.39 is 11.8 Å². The van der Waals surface area contributed by atoms with Crippen molar-refractivity contribution in [1.82, 2.24) is 0 Å². The lowest BCUT2D eigenvalue weighted by atomic mass is 10.1. The second-order valence-electron chi connectivity index (χ2n) is 4.30. The number of ketones is 1. The molecular formula is C15H17BrO6. The number of phenols is 1. The van der Waals surface area contributed by atoms with Crippen molar-refractivity contribution in [2.75, 3.05) is 27.4 Å². The van der Waals surface area contributed by atoms with Crippen LogP contribution in [0.3, 0.4) is 0 Å². The summed E-state index contributed by atoms with van der Waals surface area (Å²) in [7, 11) is 2.88. The zero-order chi connectivity index (χ0) is 16.7. The van der Waals surface area contributed by atoms with Crippen molar-refractivity contribution >= 4 is 33.8 Å². The van der Waals surface area contributed by atoms with Crippen molar-refractivity contribution in [3.63, 3.8) is 0 Å². The number of carbonyl (C=O) groups is 2. The Hall–Kier alpha value is -1.86. The van der Waals surface area contributed by atoms with E-state index in [-0.39, 0.29) is 30.3 Å². The molecule has 1 N–H and O–H groups in total. The van der Waals surface area contributed by atoms with E-state index in [1.807, 2.05) is 0 Å². The number of Topliss-reactive ketones (excluding diaryl/α,β-unsaturated/α-hetero) is 1. The molecule has 0 heterocycles. The molecule has 0 aliphatic heterocycles. The quantitative estimate of drug-likeness (QED) is 0.260. The minimum absolute atomic E-state index is 0.0581. The maximum Gasteiger partial charge on any atom is 0.341 e. The SMILES string of the molecule is COCCOC(=O)/C(=C/c1cc(Br)c(O)c(OC)c1)C(C)=O. The van der Waals surface area contributed by atoms with Crippen LogP contribution in [0.2, 0.25) is 0 Å². The Labute approximate surface area is 136 Å². The van der Waals surface area contributed by atoms with Crippen LogP contribution in [0.15, 0.2) is 22.2 Å². The van der Waals surface area contributed by atoms with Crippen molar-refractivity contribution in [2.45, 2.75) is 6.92 Å². The van der Waals surface area contributed by atoms with Crippen LogP contribution in [-0.4, -0.2) is 44.3 Å². The summed E-state index contributed by atoms with van der Waals surface area (Å²) in [6.07, 6.45) is 1.38. The van der Waals surface area contributed by atoms with Crippen molar-refractivity contribution < 1.29 is 28.9 Å². The number of halogens is 1. The Morgan fingerprint density at radius 3 is 2.50 bits per heavy atom. The Kier molecular flexibility index (Phi) is 7.07. The van der Waals surface area contributed by atoms with E-state index in [9.17, 15) is 14.7 Å². The lowest BCUT2D eigenvalue weighted by molar-refractivity contribution is -0.141. The molecule has 0 radical (unpaired) electrons. The first kappa shape index (κ1) is 18.2. The molecule has 0 fully saturated rings. The zero-order valence-corrected chi connectivity index (χ0v) is 14.1. The van der Waals surface area contributed by atoms with Crippen LogP contribution in [0, 0.1) is 0 Å². The number of ether oxygens (including phenoxy) is 3. The predicted molar refractivity (Wildman–Crippen MR) is 83.9 cm³/mol. The van der Waals surface area contributed by atoms with Gasteiger partial charge in [0.15, 0.2) is 17.3 Å². The summed E-state index contributed by atoms with van der Waals surface area (Å²) in [5.74, 6) is -0.999. The molecule has 6 nitrogen and oxygen atoms in total. The number of hydrogen-bond acceptors (Lipinski definition) is 6. The van der Waals surface area contributed by atoms with Gasteiger partial charge in [-0.15, -0.1) is 0 Å². The van der Waals surface area contributed by atoms with Gasteiger partial charge in [0.1, 0.15) is 12.2 Å². The van der Waals surface area contributed by atoms with Gasteiger partial charge in [-0.2, -0.15) is 0 Å². The van der Waals surface area contributed by atoms with Crippen molar-refractivity contribution in [3.8, 4) is 11.5 Å². The molecule has 1 rings (SSSR count). The van der Waals surface area contributed by atoms with Crippen molar-refractivity contribution in [3.05, 3.63) is 27.7 Å². The fraction of sp³-hybridized carbons (Fsp3) is 0.333.